The van der Waals surface area contributed by atoms with E-state index in [0.29, 0.717) is 10.4 Å². The van der Waals surface area contributed by atoms with Crippen molar-refractivity contribution < 1.29 is 12.8 Å². The van der Waals surface area contributed by atoms with Crippen LogP contribution in [-0.2, 0) is 10.0 Å². The van der Waals surface area contributed by atoms with Crippen LogP contribution in [0.15, 0.2) is 32.0 Å². The topological polar surface area (TPSA) is 85.1 Å². The first-order chi connectivity index (χ1) is 9.47. The maximum Gasteiger partial charge on any atom is 0.329 e. The first kappa shape index (κ1) is 13.6. The van der Waals surface area contributed by atoms with Crippen molar-refractivity contribution in [2.24, 2.45) is 0 Å². The summed E-state index contributed by atoms with van der Waals surface area (Å²) in [6, 6.07) is 4.91. The number of hydrogen-bond donors (Lipinski definition) is 1. The van der Waals surface area contributed by atoms with E-state index in [2.05, 4.69) is 30.8 Å². The molecule has 106 valence electrons. The normalized spacial score (nSPS) is 15.3. The Bertz CT molecular complexity index is 753. The van der Waals surface area contributed by atoms with Crippen molar-refractivity contribution in [1.82, 2.24) is 10.2 Å². The van der Waals surface area contributed by atoms with E-state index in [0.717, 1.165) is 18.4 Å². The Hall–Kier alpha value is -1.41. The molecule has 1 heterocycles. The minimum atomic E-state index is -3.75. The Morgan fingerprint density at radius 1 is 1.35 bits per heavy atom. The highest BCUT2D eigenvalue weighted by atomic mass is 79.9. The molecule has 0 bridgehead atoms. The van der Waals surface area contributed by atoms with Gasteiger partial charge in [-0.2, -0.15) is 0 Å². The summed E-state index contributed by atoms with van der Waals surface area (Å²) in [6.45, 7) is 1.82. The third kappa shape index (κ3) is 2.57. The Kier molecular flexibility index (Phi) is 3.29. The number of hydrogen-bond acceptors (Lipinski definition) is 5. The SMILES string of the molecule is Cc1cccc(S(=O)(=O)Nc2nnc(C3CC3)o2)c1Br. The lowest BCUT2D eigenvalue weighted by Crippen LogP contribution is -2.14. The summed E-state index contributed by atoms with van der Waals surface area (Å²) < 4.78 is 32.7. The molecular weight excluding hydrogens is 346 g/mol. The number of rotatable bonds is 4. The van der Waals surface area contributed by atoms with Crippen molar-refractivity contribution >= 4 is 32.0 Å². The van der Waals surface area contributed by atoms with Crippen molar-refractivity contribution in [3.63, 3.8) is 0 Å². The second-order valence-corrected chi connectivity index (χ2v) is 7.16. The summed E-state index contributed by atoms with van der Waals surface area (Å²) in [7, 11) is -3.75. The molecule has 1 aliphatic rings. The van der Waals surface area contributed by atoms with E-state index in [1.54, 1.807) is 6.07 Å². The average Bonchev–Trinajstić information content (AvgIpc) is 3.14. The van der Waals surface area contributed by atoms with E-state index in [1.165, 1.54) is 6.07 Å². The van der Waals surface area contributed by atoms with E-state index >= 15 is 0 Å². The molecule has 0 saturated heterocycles. The van der Waals surface area contributed by atoms with Gasteiger partial charge in [0.05, 0.1) is 0 Å². The van der Waals surface area contributed by atoms with Crippen molar-refractivity contribution in [3.8, 4) is 0 Å². The van der Waals surface area contributed by atoms with E-state index < -0.39 is 10.0 Å². The van der Waals surface area contributed by atoms with Gasteiger partial charge in [0.1, 0.15) is 4.90 Å². The van der Waals surface area contributed by atoms with Gasteiger partial charge in [0, 0.05) is 10.4 Å². The summed E-state index contributed by atoms with van der Waals surface area (Å²) in [6.07, 6.45) is 2.02. The van der Waals surface area contributed by atoms with E-state index in [-0.39, 0.29) is 16.8 Å². The fourth-order valence-corrected chi connectivity index (χ4v) is 3.75. The van der Waals surface area contributed by atoms with Crippen LogP contribution in [0.25, 0.3) is 0 Å². The average molecular weight is 358 g/mol. The minimum absolute atomic E-state index is 0.0969. The van der Waals surface area contributed by atoms with Crippen molar-refractivity contribution in [1.29, 1.82) is 0 Å². The van der Waals surface area contributed by atoms with Gasteiger partial charge in [-0.25, -0.2) is 13.1 Å². The van der Waals surface area contributed by atoms with Crippen LogP contribution in [0.2, 0.25) is 0 Å². The maximum absolute atomic E-state index is 12.3. The Morgan fingerprint density at radius 2 is 2.10 bits per heavy atom. The van der Waals surface area contributed by atoms with Crippen molar-refractivity contribution in [2.45, 2.75) is 30.6 Å². The zero-order valence-corrected chi connectivity index (χ0v) is 13.0. The summed E-state index contributed by atoms with van der Waals surface area (Å²) in [5.74, 6) is 0.775. The molecule has 1 saturated carbocycles. The molecule has 8 heteroatoms. The molecular formula is C12H12BrN3O3S. The van der Waals surface area contributed by atoms with Crippen molar-refractivity contribution in [3.05, 3.63) is 34.1 Å². The van der Waals surface area contributed by atoms with Gasteiger partial charge in [0.25, 0.3) is 10.0 Å². The summed E-state index contributed by atoms with van der Waals surface area (Å²) >= 11 is 3.28. The first-order valence-electron chi connectivity index (χ1n) is 6.09. The molecule has 0 aliphatic heterocycles. The van der Waals surface area contributed by atoms with Gasteiger partial charge in [0.2, 0.25) is 5.89 Å². The van der Waals surface area contributed by atoms with Gasteiger partial charge in [-0.15, -0.1) is 5.10 Å². The van der Waals surface area contributed by atoms with E-state index in [1.807, 2.05) is 13.0 Å². The van der Waals surface area contributed by atoms with Crippen LogP contribution < -0.4 is 4.72 Å². The van der Waals surface area contributed by atoms with Gasteiger partial charge in [0.15, 0.2) is 0 Å². The molecule has 0 unspecified atom stereocenters. The second kappa shape index (κ2) is 4.85. The van der Waals surface area contributed by atoms with Crippen molar-refractivity contribution in [2.75, 3.05) is 4.72 Å². The lowest BCUT2D eigenvalue weighted by molar-refractivity contribution is 0.510. The fourth-order valence-electron chi connectivity index (χ4n) is 1.77. The minimum Gasteiger partial charge on any atom is -0.407 e. The van der Waals surface area contributed by atoms with Crippen LogP contribution in [0, 0.1) is 6.92 Å². The molecule has 0 radical (unpaired) electrons. The largest absolute Gasteiger partial charge is 0.407 e. The van der Waals surface area contributed by atoms with Crippen LogP contribution in [0.4, 0.5) is 6.01 Å². The zero-order chi connectivity index (χ0) is 14.3. The molecule has 1 N–H and O–H groups in total. The molecule has 0 atom stereocenters. The second-order valence-electron chi connectivity index (χ2n) is 4.71. The number of nitrogens with one attached hydrogen (secondary N) is 1. The van der Waals surface area contributed by atoms with Crippen LogP contribution in [0.1, 0.15) is 30.2 Å². The van der Waals surface area contributed by atoms with Crippen LogP contribution in [0.5, 0.6) is 0 Å². The van der Waals surface area contributed by atoms with Crippen LogP contribution in [-0.4, -0.2) is 18.6 Å². The predicted octanol–water partition coefficient (Wildman–Crippen LogP) is 2.82. The molecule has 1 aromatic heterocycles. The third-order valence-electron chi connectivity index (χ3n) is 3.03. The lowest BCUT2D eigenvalue weighted by atomic mass is 10.2. The third-order valence-corrected chi connectivity index (χ3v) is 5.71. The van der Waals surface area contributed by atoms with Crippen LogP contribution >= 0.6 is 15.9 Å². The number of anilines is 1. The Balaban J connectivity index is 1.89. The molecule has 1 aliphatic carbocycles. The molecule has 6 nitrogen and oxygen atoms in total. The predicted molar refractivity (Wildman–Crippen MR) is 76.0 cm³/mol. The smallest absolute Gasteiger partial charge is 0.329 e. The molecule has 0 spiro atoms. The van der Waals surface area contributed by atoms with E-state index in [4.69, 9.17) is 4.42 Å². The lowest BCUT2D eigenvalue weighted by Gasteiger charge is -2.07. The van der Waals surface area contributed by atoms with Gasteiger partial charge in [-0.1, -0.05) is 17.2 Å². The quantitative estimate of drug-likeness (QED) is 0.909. The highest BCUT2D eigenvalue weighted by Gasteiger charge is 2.30. The number of sulfonamides is 1. The molecule has 1 fully saturated rings. The molecule has 2 aromatic rings. The number of aromatic nitrogens is 2. The number of aryl methyl sites for hydroxylation is 1. The van der Waals surface area contributed by atoms with Gasteiger partial charge in [-0.05, 0) is 47.3 Å². The van der Waals surface area contributed by atoms with Gasteiger partial charge < -0.3 is 4.42 Å². The molecule has 1 aromatic carbocycles. The highest BCUT2D eigenvalue weighted by molar-refractivity contribution is 9.10. The standard InChI is InChI=1S/C12H12BrN3O3S/c1-7-3-2-4-9(10(7)13)20(17,18)16-12-15-14-11(19-12)8-5-6-8/h2-4,8H,5-6H2,1H3,(H,15,16). The van der Waals surface area contributed by atoms with Gasteiger partial charge in [-0.3, -0.25) is 0 Å². The number of nitrogens with zero attached hydrogens (tertiary/aromatic N) is 2. The molecule has 0 amide bonds. The highest BCUT2D eigenvalue weighted by Crippen LogP contribution is 2.39. The first-order valence-corrected chi connectivity index (χ1v) is 8.36. The Labute approximate surface area is 124 Å². The van der Waals surface area contributed by atoms with Crippen LogP contribution in [0.3, 0.4) is 0 Å². The maximum atomic E-state index is 12.3. The molecule has 20 heavy (non-hydrogen) atoms. The zero-order valence-electron chi connectivity index (χ0n) is 10.6. The summed E-state index contributed by atoms with van der Waals surface area (Å²) in [4.78, 5) is 0.142. The molecule has 3 rings (SSSR count). The van der Waals surface area contributed by atoms with Gasteiger partial charge >= 0.3 is 6.01 Å². The van der Waals surface area contributed by atoms with E-state index in [9.17, 15) is 8.42 Å². The summed E-state index contributed by atoms with van der Waals surface area (Å²) in [5.41, 5.74) is 0.831. The number of halogens is 1. The number of benzene rings is 1. The summed E-state index contributed by atoms with van der Waals surface area (Å²) in [5, 5.41) is 7.56. The monoisotopic (exact) mass is 357 g/mol. The fraction of sp³-hybridized carbons (Fsp3) is 0.333. The Morgan fingerprint density at radius 3 is 2.80 bits per heavy atom.